The quantitative estimate of drug-likeness (QED) is 0.718. The molecule has 3 aliphatic heterocycles. The zero-order chi connectivity index (χ0) is 19.0. The van der Waals surface area contributed by atoms with Crippen LogP contribution in [0.5, 0.6) is 0 Å². The predicted molar refractivity (Wildman–Crippen MR) is 127 cm³/mol. The average molecular weight is 469 g/mol. The largest absolute Gasteiger partial charge is 0.371 e. The number of pyridine rings is 1. The molecular formula is C22H30Cl2N4OS. The third-order valence-electron chi connectivity index (χ3n) is 6.92. The second-order valence-corrected chi connectivity index (χ2v) is 9.61. The van der Waals surface area contributed by atoms with Crippen molar-refractivity contribution < 1.29 is 4.79 Å². The van der Waals surface area contributed by atoms with Gasteiger partial charge in [-0.3, -0.25) is 9.78 Å². The number of rotatable bonds is 2. The predicted octanol–water partition coefficient (Wildman–Crippen LogP) is 4.16. The number of halogens is 2. The van der Waals surface area contributed by atoms with Crippen LogP contribution in [-0.2, 0) is 13.0 Å². The lowest BCUT2D eigenvalue weighted by Gasteiger charge is -2.47. The lowest BCUT2D eigenvalue weighted by atomic mass is 9.71. The molecule has 1 spiro atoms. The molecule has 2 fully saturated rings. The summed E-state index contributed by atoms with van der Waals surface area (Å²) in [5, 5.41) is 3.40. The van der Waals surface area contributed by atoms with Gasteiger partial charge in [0.2, 0.25) is 0 Å². The summed E-state index contributed by atoms with van der Waals surface area (Å²) in [6, 6.07) is 6.34. The Labute approximate surface area is 195 Å². The molecule has 0 saturated carbocycles. The van der Waals surface area contributed by atoms with E-state index in [1.54, 1.807) is 11.3 Å². The standard InChI is InChI=1S/C22H28N4OS.2ClH/c27-21(20-15-17-16-24-10-3-19(17)28-20)26-13-6-22(7-14-26)4-11-25(12-5-22)18-1-8-23-9-2-18;;/h1-2,8-9,15,24H,3-7,10-14,16H2;2*1H. The molecule has 0 unspecified atom stereocenters. The summed E-state index contributed by atoms with van der Waals surface area (Å²) in [5.74, 6) is 0.253. The molecule has 5 rings (SSSR count). The van der Waals surface area contributed by atoms with Gasteiger partial charge in [-0.15, -0.1) is 36.2 Å². The van der Waals surface area contributed by atoms with Crippen LogP contribution in [0.3, 0.4) is 0 Å². The number of nitrogens with zero attached hydrogens (tertiary/aromatic N) is 3. The Balaban J connectivity index is 0.00000128. The van der Waals surface area contributed by atoms with Gasteiger partial charge >= 0.3 is 0 Å². The Morgan fingerprint density at radius 3 is 2.37 bits per heavy atom. The van der Waals surface area contributed by atoms with E-state index < -0.39 is 0 Å². The SMILES string of the molecule is Cl.Cl.O=C(c1cc2c(s1)CCNC2)N1CCC2(CC1)CCN(c1ccncc1)CC2. The van der Waals surface area contributed by atoms with E-state index in [0.29, 0.717) is 5.41 Å². The molecule has 0 aliphatic carbocycles. The highest BCUT2D eigenvalue weighted by molar-refractivity contribution is 7.14. The highest BCUT2D eigenvalue weighted by atomic mass is 35.5. The number of carbonyl (C=O) groups is 1. The second kappa shape index (κ2) is 9.86. The molecule has 3 aliphatic rings. The first-order valence-corrected chi connectivity index (χ1v) is 11.3. The number of carbonyl (C=O) groups excluding carboxylic acids is 1. The lowest BCUT2D eigenvalue weighted by Crippen LogP contribution is -2.48. The molecule has 0 bridgehead atoms. The van der Waals surface area contributed by atoms with Crippen molar-refractivity contribution in [2.75, 3.05) is 37.6 Å². The molecule has 30 heavy (non-hydrogen) atoms. The number of fused-ring (bicyclic) bond motifs is 1. The number of nitrogens with one attached hydrogen (secondary N) is 1. The van der Waals surface area contributed by atoms with Crippen molar-refractivity contribution in [3.63, 3.8) is 0 Å². The fourth-order valence-electron chi connectivity index (χ4n) is 4.99. The molecule has 2 aromatic rings. The summed E-state index contributed by atoms with van der Waals surface area (Å²) in [6.07, 6.45) is 9.58. The van der Waals surface area contributed by atoms with Gasteiger partial charge < -0.3 is 15.1 Å². The van der Waals surface area contributed by atoms with Crippen LogP contribution in [0.2, 0.25) is 0 Å². The molecule has 0 aromatic carbocycles. The molecule has 2 aromatic heterocycles. The normalized spacial score (nSPS) is 20.1. The van der Waals surface area contributed by atoms with Gasteiger partial charge in [-0.25, -0.2) is 0 Å². The van der Waals surface area contributed by atoms with E-state index in [0.717, 1.165) is 63.4 Å². The molecule has 164 valence electrons. The maximum atomic E-state index is 13.0. The van der Waals surface area contributed by atoms with Crippen molar-refractivity contribution in [2.45, 2.75) is 38.6 Å². The first-order valence-electron chi connectivity index (χ1n) is 10.5. The van der Waals surface area contributed by atoms with E-state index in [4.69, 9.17) is 0 Å². The van der Waals surface area contributed by atoms with E-state index in [2.05, 4.69) is 38.3 Å². The molecule has 1 N–H and O–H groups in total. The Kier molecular flexibility index (Phi) is 7.66. The highest BCUT2D eigenvalue weighted by Crippen LogP contribution is 2.42. The van der Waals surface area contributed by atoms with Crippen LogP contribution in [-0.4, -0.2) is 48.5 Å². The van der Waals surface area contributed by atoms with Gasteiger partial charge in [0.25, 0.3) is 5.91 Å². The van der Waals surface area contributed by atoms with Gasteiger partial charge in [0, 0.05) is 62.2 Å². The van der Waals surface area contributed by atoms with Gasteiger partial charge in [-0.1, -0.05) is 0 Å². The molecule has 1 amide bonds. The minimum absolute atomic E-state index is 0. The Morgan fingerprint density at radius 2 is 1.70 bits per heavy atom. The van der Waals surface area contributed by atoms with Crippen LogP contribution >= 0.6 is 36.2 Å². The number of amides is 1. The van der Waals surface area contributed by atoms with Crippen LogP contribution in [0.15, 0.2) is 30.6 Å². The zero-order valence-electron chi connectivity index (χ0n) is 17.1. The van der Waals surface area contributed by atoms with E-state index in [-0.39, 0.29) is 30.7 Å². The minimum Gasteiger partial charge on any atom is -0.371 e. The molecule has 0 atom stereocenters. The minimum atomic E-state index is 0. The highest BCUT2D eigenvalue weighted by Gasteiger charge is 2.39. The monoisotopic (exact) mass is 468 g/mol. The molecule has 2 saturated heterocycles. The summed E-state index contributed by atoms with van der Waals surface area (Å²) in [6.45, 7) is 6.00. The molecular weight excluding hydrogens is 439 g/mol. The number of anilines is 1. The third kappa shape index (κ3) is 4.62. The van der Waals surface area contributed by atoms with E-state index >= 15 is 0 Å². The first kappa shape index (κ1) is 23.3. The summed E-state index contributed by atoms with van der Waals surface area (Å²) in [5.41, 5.74) is 3.05. The van der Waals surface area contributed by atoms with E-state index in [9.17, 15) is 4.79 Å². The van der Waals surface area contributed by atoms with Crippen LogP contribution in [0.25, 0.3) is 0 Å². The van der Waals surface area contributed by atoms with Crippen molar-refractivity contribution in [3.8, 4) is 0 Å². The number of aromatic nitrogens is 1. The topological polar surface area (TPSA) is 48.5 Å². The third-order valence-corrected chi connectivity index (χ3v) is 8.14. The lowest BCUT2D eigenvalue weighted by molar-refractivity contribution is 0.0519. The number of piperidine rings is 2. The molecule has 8 heteroatoms. The first-order chi connectivity index (χ1) is 13.7. The summed E-state index contributed by atoms with van der Waals surface area (Å²) >= 11 is 1.72. The molecule has 5 heterocycles. The van der Waals surface area contributed by atoms with Crippen molar-refractivity contribution in [3.05, 3.63) is 45.9 Å². The maximum Gasteiger partial charge on any atom is 0.263 e. The van der Waals surface area contributed by atoms with Gasteiger partial charge in [-0.05, 0) is 61.3 Å². The van der Waals surface area contributed by atoms with Gasteiger partial charge in [0.15, 0.2) is 0 Å². The van der Waals surface area contributed by atoms with Crippen LogP contribution in [0.4, 0.5) is 5.69 Å². The second-order valence-electron chi connectivity index (χ2n) is 8.47. The summed E-state index contributed by atoms with van der Waals surface area (Å²) < 4.78 is 0. The van der Waals surface area contributed by atoms with Gasteiger partial charge in [-0.2, -0.15) is 0 Å². The summed E-state index contributed by atoms with van der Waals surface area (Å²) in [7, 11) is 0. The zero-order valence-corrected chi connectivity index (χ0v) is 19.6. The molecule has 0 radical (unpaired) electrons. The van der Waals surface area contributed by atoms with E-state index in [1.807, 2.05) is 12.4 Å². The fraction of sp³-hybridized carbons (Fsp3) is 0.545. The van der Waals surface area contributed by atoms with Crippen LogP contribution < -0.4 is 10.2 Å². The van der Waals surface area contributed by atoms with Crippen LogP contribution in [0, 0.1) is 5.41 Å². The van der Waals surface area contributed by atoms with Gasteiger partial charge in [0.1, 0.15) is 0 Å². The number of hydrogen-bond donors (Lipinski definition) is 1. The van der Waals surface area contributed by atoms with Crippen LogP contribution in [0.1, 0.15) is 45.8 Å². The Bertz CT molecular complexity index is 819. The Hall–Kier alpha value is -1.34. The number of hydrogen-bond acceptors (Lipinski definition) is 5. The molecule has 5 nitrogen and oxygen atoms in total. The number of thiophene rings is 1. The summed E-state index contributed by atoms with van der Waals surface area (Å²) in [4.78, 5) is 24.1. The van der Waals surface area contributed by atoms with Crippen molar-refractivity contribution in [1.29, 1.82) is 0 Å². The fourth-order valence-corrected chi connectivity index (χ4v) is 6.14. The van der Waals surface area contributed by atoms with Gasteiger partial charge in [0.05, 0.1) is 4.88 Å². The smallest absolute Gasteiger partial charge is 0.263 e. The van der Waals surface area contributed by atoms with Crippen molar-refractivity contribution in [1.82, 2.24) is 15.2 Å². The van der Waals surface area contributed by atoms with Crippen molar-refractivity contribution in [2.24, 2.45) is 5.41 Å². The van der Waals surface area contributed by atoms with Crippen molar-refractivity contribution >= 4 is 47.7 Å². The maximum absolute atomic E-state index is 13.0. The number of likely N-dealkylation sites (tertiary alicyclic amines) is 1. The van der Waals surface area contributed by atoms with E-state index in [1.165, 1.54) is 29.0 Å². The Morgan fingerprint density at radius 1 is 1.03 bits per heavy atom. The average Bonchev–Trinajstić information content (AvgIpc) is 3.19.